The number of nitrogens with one attached hydrogen (secondary N) is 2. The highest BCUT2D eigenvalue weighted by molar-refractivity contribution is 9.18. The molecular weight excluding hydrogens is 554 g/mol. The van der Waals surface area contributed by atoms with E-state index in [0.717, 1.165) is 16.5 Å². The molecule has 1 saturated heterocycles. The van der Waals surface area contributed by atoms with Crippen LogP contribution in [0.15, 0.2) is 72.0 Å². The molecule has 1 fully saturated rings. The van der Waals surface area contributed by atoms with Crippen LogP contribution >= 0.6 is 15.9 Å². The maximum atomic E-state index is 13.1. The molecule has 2 aliphatic rings. The van der Waals surface area contributed by atoms with E-state index in [1.807, 2.05) is 36.4 Å². The summed E-state index contributed by atoms with van der Waals surface area (Å²) < 4.78 is 6.25. The third-order valence-corrected chi connectivity index (χ3v) is 6.89. The average molecular weight is 580 g/mol. The maximum Gasteiger partial charge on any atom is 0.410 e. The number of carbonyl (C=O) groups excluding carboxylic acids is 3. The number of ether oxygens (including phenoxy) is 1. The van der Waals surface area contributed by atoms with Crippen molar-refractivity contribution in [2.45, 2.75) is 37.6 Å². The molecule has 3 atom stereocenters. The van der Waals surface area contributed by atoms with E-state index in [1.165, 1.54) is 4.90 Å². The van der Waals surface area contributed by atoms with Crippen molar-refractivity contribution in [1.29, 1.82) is 0 Å². The number of amides is 3. The lowest BCUT2D eigenvalue weighted by atomic mass is 10.1. The number of benzene rings is 2. The number of para-hydroxylation sites is 1. The molecule has 10 nitrogen and oxygen atoms in total. The Labute approximate surface area is 227 Å². The Balaban J connectivity index is 1.24. The number of rotatable bonds is 7. The van der Waals surface area contributed by atoms with E-state index in [0.29, 0.717) is 16.6 Å². The van der Waals surface area contributed by atoms with Crippen molar-refractivity contribution in [2.75, 3.05) is 13.1 Å². The van der Waals surface area contributed by atoms with Gasteiger partial charge in [-0.3, -0.25) is 19.5 Å². The molecule has 3 amide bonds. The van der Waals surface area contributed by atoms with Gasteiger partial charge in [0, 0.05) is 41.7 Å². The minimum Gasteiger partial charge on any atom is -0.444 e. The summed E-state index contributed by atoms with van der Waals surface area (Å²) in [4.78, 5) is 50.0. The van der Waals surface area contributed by atoms with Crippen LogP contribution in [0.5, 0.6) is 0 Å². The second kappa shape index (κ2) is 11.6. The largest absolute Gasteiger partial charge is 0.444 e. The molecule has 38 heavy (non-hydrogen) atoms. The van der Waals surface area contributed by atoms with E-state index in [4.69, 9.17) is 9.57 Å². The van der Waals surface area contributed by atoms with Crippen LogP contribution in [0.3, 0.4) is 0 Å². The van der Waals surface area contributed by atoms with Crippen molar-refractivity contribution in [3.05, 3.63) is 78.0 Å². The van der Waals surface area contributed by atoms with E-state index < -0.39 is 18.2 Å². The molecule has 0 bridgehead atoms. The van der Waals surface area contributed by atoms with Gasteiger partial charge in [0.1, 0.15) is 17.3 Å². The molecule has 2 N–H and O–H groups in total. The van der Waals surface area contributed by atoms with Crippen molar-refractivity contribution in [2.24, 2.45) is 5.16 Å². The summed E-state index contributed by atoms with van der Waals surface area (Å²) in [5.41, 5.74) is 2.08. The number of aromatic nitrogens is 1. The van der Waals surface area contributed by atoms with Crippen molar-refractivity contribution in [3.8, 4) is 0 Å². The van der Waals surface area contributed by atoms with Gasteiger partial charge in [0.15, 0.2) is 6.10 Å². The molecule has 1 aromatic heterocycles. The number of nitrogens with zero attached hydrogens (tertiary/aromatic N) is 3. The second-order valence-corrected chi connectivity index (χ2v) is 10.1. The standard InChI is InChI=1S/C27H26BrN5O5/c28-24-12-21(38-32-24)14-30-26(35)23-11-20(31-25(34)18-6-2-1-3-7-18)15-33(23)27(36)37-16-17-10-19-8-4-5-9-22(19)29-13-17/h1-10,13,20-21,23H,11-12,14-16H2,(H,30,35)(H,31,34)/t20-,21+,23+/m1/s1. The van der Waals surface area contributed by atoms with Crippen LogP contribution in [0.4, 0.5) is 4.79 Å². The summed E-state index contributed by atoms with van der Waals surface area (Å²) >= 11 is 3.28. The molecule has 196 valence electrons. The molecule has 0 spiro atoms. The summed E-state index contributed by atoms with van der Waals surface area (Å²) in [6, 6.07) is 17.1. The van der Waals surface area contributed by atoms with Crippen LogP contribution < -0.4 is 10.6 Å². The lowest BCUT2D eigenvalue weighted by Gasteiger charge is -2.23. The number of likely N-dealkylation sites (tertiary alicyclic amines) is 1. The van der Waals surface area contributed by atoms with Crippen LogP contribution in [0.2, 0.25) is 0 Å². The topological polar surface area (TPSA) is 122 Å². The first kappa shape index (κ1) is 25.7. The van der Waals surface area contributed by atoms with E-state index >= 15 is 0 Å². The van der Waals surface area contributed by atoms with Gasteiger partial charge >= 0.3 is 6.09 Å². The number of oxime groups is 1. The molecule has 2 aliphatic heterocycles. The first-order valence-electron chi connectivity index (χ1n) is 12.2. The van der Waals surface area contributed by atoms with Crippen molar-refractivity contribution < 1.29 is 24.0 Å². The highest BCUT2D eigenvalue weighted by Crippen LogP contribution is 2.22. The minimum atomic E-state index is -0.816. The Bertz CT molecular complexity index is 1370. The number of hydrogen-bond acceptors (Lipinski definition) is 7. The van der Waals surface area contributed by atoms with Crippen LogP contribution in [0.1, 0.15) is 28.8 Å². The van der Waals surface area contributed by atoms with Gasteiger partial charge in [0.25, 0.3) is 5.91 Å². The third-order valence-electron chi connectivity index (χ3n) is 6.42. The molecule has 11 heteroatoms. The summed E-state index contributed by atoms with van der Waals surface area (Å²) in [6.45, 7) is 0.379. The number of carbonyl (C=O) groups is 3. The zero-order chi connectivity index (χ0) is 26.5. The third kappa shape index (κ3) is 6.10. The van der Waals surface area contributed by atoms with Crippen LogP contribution in [0, 0.1) is 0 Å². The first-order chi connectivity index (χ1) is 18.5. The van der Waals surface area contributed by atoms with E-state index in [-0.39, 0.29) is 44.0 Å². The van der Waals surface area contributed by atoms with Crippen LogP contribution in [-0.2, 0) is 21.0 Å². The molecule has 3 aromatic rings. The predicted molar refractivity (Wildman–Crippen MR) is 144 cm³/mol. The predicted octanol–water partition coefficient (Wildman–Crippen LogP) is 3.36. The molecular formula is C27H26BrN5O5. The maximum absolute atomic E-state index is 13.1. The fourth-order valence-electron chi connectivity index (χ4n) is 4.51. The van der Waals surface area contributed by atoms with Crippen LogP contribution in [0.25, 0.3) is 10.9 Å². The van der Waals surface area contributed by atoms with Crippen LogP contribution in [-0.4, -0.2) is 63.7 Å². The molecule has 5 rings (SSSR count). The monoisotopic (exact) mass is 579 g/mol. The molecule has 3 heterocycles. The van der Waals surface area contributed by atoms with Gasteiger partial charge in [-0.25, -0.2) is 4.79 Å². The van der Waals surface area contributed by atoms with Gasteiger partial charge in [-0.05, 0) is 46.6 Å². The fraction of sp³-hybridized carbons (Fsp3) is 0.296. The van der Waals surface area contributed by atoms with Gasteiger partial charge in [-0.2, -0.15) is 0 Å². The number of halogens is 1. The second-order valence-electron chi connectivity index (χ2n) is 9.18. The highest BCUT2D eigenvalue weighted by Gasteiger charge is 2.41. The normalized spacial score (nSPS) is 20.5. The van der Waals surface area contributed by atoms with Gasteiger partial charge in [0.2, 0.25) is 5.91 Å². The minimum absolute atomic E-state index is 0.00380. The lowest BCUT2D eigenvalue weighted by Crippen LogP contribution is -2.47. The number of hydrogen-bond donors (Lipinski definition) is 2. The molecule has 0 unspecified atom stereocenters. The summed E-state index contributed by atoms with van der Waals surface area (Å²) in [7, 11) is 0. The summed E-state index contributed by atoms with van der Waals surface area (Å²) in [5, 5.41) is 10.5. The van der Waals surface area contributed by atoms with Crippen molar-refractivity contribution in [1.82, 2.24) is 20.5 Å². The van der Waals surface area contributed by atoms with E-state index in [9.17, 15) is 14.4 Å². The average Bonchev–Trinajstić information content (AvgIpc) is 3.56. The molecule has 0 radical (unpaired) electrons. The lowest BCUT2D eigenvalue weighted by molar-refractivity contribution is -0.125. The van der Waals surface area contributed by atoms with Gasteiger partial charge in [0.05, 0.1) is 12.1 Å². The Kier molecular flexibility index (Phi) is 7.83. The molecule has 2 aromatic carbocycles. The Morgan fingerprint density at radius 2 is 1.89 bits per heavy atom. The van der Waals surface area contributed by atoms with Gasteiger partial charge < -0.3 is 20.2 Å². The Morgan fingerprint density at radius 1 is 1.11 bits per heavy atom. The molecule has 0 saturated carbocycles. The quantitative estimate of drug-likeness (QED) is 0.442. The zero-order valence-corrected chi connectivity index (χ0v) is 22.0. The fourth-order valence-corrected chi connectivity index (χ4v) is 4.95. The van der Waals surface area contributed by atoms with Gasteiger partial charge in [-0.15, -0.1) is 0 Å². The Hall–Kier alpha value is -3.99. The van der Waals surface area contributed by atoms with Crippen molar-refractivity contribution >= 4 is 49.4 Å². The van der Waals surface area contributed by atoms with Gasteiger partial charge in [-0.1, -0.05) is 41.6 Å². The van der Waals surface area contributed by atoms with Crippen molar-refractivity contribution in [3.63, 3.8) is 0 Å². The van der Waals surface area contributed by atoms with E-state index in [2.05, 4.69) is 36.7 Å². The smallest absolute Gasteiger partial charge is 0.410 e. The highest BCUT2D eigenvalue weighted by atomic mass is 79.9. The summed E-state index contributed by atoms with van der Waals surface area (Å²) in [6.07, 6.45) is 1.53. The first-order valence-corrected chi connectivity index (χ1v) is 13.0. The SMILES string of the molecule is O=C(N[C@@H]1C[C@@H](C(=O)NC[C@@H]2CC(Br)=NO2)N(C(=O)OCc2cnc3ccccc3c2)C1)c1ccccc1. The van der Waals surface area contributed by atoms with E-state index in [1.54, 1.807) is 30.5 Å². The number of fused-ring (bicyclic) bond motifs is 1. The molecule has 0 aliphatic carbocycles. The Morgan fingerprint density at radius 3 is 2.68 bits per heavy atom. The number of pyridine rings is 1. The summed E-state index contributed by atoms with van der Waals surface area (Å²) in [5.74, 6) is -0.619. The zero-order valence-electron chi connectivity index (χ0n) is 20.4.